The monoisotopic (exact) mass is 416 g/mol. The molecule has 0 fully saturated rings. The van der Waals surface area contributed by atoms with Gasteiger partial charge in [-0.1, -0.05) is 12.1 Å². The maximum Gasteiger partial charge on any atom is 0.348 e. The summed E-state index contributed by atoms with van der Waals surface area (Å²) in [6, 6.07) is 12.4. The molecule has 2 aromatic heterocycles. The summed E-state index contributed by atoms with van der Waals surface area (Å²) in [6.45, 7) is 1.69. The van der Waals surface area contributed by atoms with E-state index < -0.39 is 11.6 Å². The van der Waals surface area contributed by atoms with Gasteiger partial charge in [0.25, 0.3) is 5.56 Å². The Morgan fingerprint density at radius 1 is 1.06 bits per heavy atom. The quantitative estimate of drug-likeness (QED) is 0.346. The highest BCUT2D eigenvalue weighted by Crippen LogP contribution is 2.26. The number of nitrogens with one attached hydrogen (secondary N) is 1. The van der Waals surface area contributed by atoms with E-state index >= 15 is 0 Å². The second-order valence-electron chi connectivity index (χ2n) is 6.75. The normalized spacial score (nSPS) is 10.6. The summed E-state index contributed by atoms with van der Waals surface area (Å²) in [5.74, 6) is -1.29. The van der Waals surface area contributed by atoms with Gasteiger partial charge in [-0.3, -0.25) is 9.89 Å². The van der Waals surface area contributed by atoms with Crippen molar-refractivity contribution in [1.29, 1.82) is 0 Å². The zero-order valence-electron chi connectivity index (χ0n) is 16.2. The minimum Gasteiger partial charge on any atom is -0.506 e. The van der Waals surface area contributed by atoms with Crippen molar-refractivity contribution >= 4 is 29.1 Å². The van der Waals surface area contributed by atoms with Crippen molar-refractivity contribution in [2.75, 3.05) is 0 Å². The fourth-order valence-corrected chi connectivity index (χ4v) is 3.15. The minimum atomic E-state index is -1.06. The van der Waals surface area contributed by atoms with E-state index in [0.717, 1.165) is 0 Å². The predicted molar refractivity (Wildman–Crippen MR) is 115 cm³/mol. The van der Waals surface area contributed by atoms with Gasteiger partial charge >= 0.3 is 11.6 Å². The van der Waals surface area contributed by atoms with Crippen molar-refractivity contribution < 1.29 is 19.4 Å². The molecule has 2 heterocycles. The minimum absolute atomic E-state index is 0.0762. The first-order valence-electron chi connectivity index (χ1n) is 9.19. The van der Waals surface area contributed by atoms with Crippen LogP contribution in [0, 0.1) is 6.92 Å². The lowest BCUT2D eigenvalue weighted by molar-refractivity contribution is 0.0697. The molecular weight excluding hydrogens is 400 g/mol. The number of nitrogens with zero attached hydrogens (tertiary/aromatic N) is 1. The van der Waals surface area contributed by atoms with Gasteiger partial charge in [0.05, 0.1) is 22.2 Å². The highest BCUT2D eigenvalue weighted by atomic mass is 16.4. The molecule has 0 spiro atoms. The van der Waals surface area contributed by atoms with Crippen LogP contribution < -0.4 is 11.2 Å². The molecular formula is C23H16N2O6. The van der Waals surface area contributed by atoms with Crippen molar-refractivity contribution in [3.63, 3.8) is 0 Å². The van der Waals surface area contributed by atoms with Gasteiger partial charge in [0.2, 0.25) is 0 Å². The van der Waals surface area contributed by atoms with Crippen LogP contribution in [0.3, 0.4) is 0 Å². The molecule has 0 saturated carbocycles. The highest BCUT2D eigenvalue weighted by molar-refractivity contribution is 5.88. The Balaban J connectivity index is 1.73. The molecule has 31 heavy (non-hydrogen) atoms. The van der Waals surface area contributed by atoms with Crippen molar-refractivity contribution in [2.45, 2.75) is 6.92 Å². The van der Waals surface area contributed by atoms with E-state index in [0.29, 0.717) is 22.3 Å². The number of benzene rings is 2. The number of aryl methyl sites for hydroxylation is 1. The Labute approximate surface area is 174 Å². The van der Waals surface area contributed by atoms with Crippen LogP contribution in [0.25, 0.3) is 28.8 Å². The molecule has 0 bridgehead atoms. The Kier molecular flexibility index (Phi) is 4.91. The number of aromatic amines is 1. The number of carbonyl (C=O) groups is 1. The van der Waals surface area contributed by atoms with Crippen LogP contribution in [0.2, 0.25) is 0 Å². The summed E-state index contributed by atoms with van der Waals surface area (Å²) in [7, 11) is 0. The smallest absolute Gasteiger partial charge is 0.348 e. The summed E-state index contributed by atoms with van der Waals surface area (Å²) >= 11 is 0. The van der Waals surface area contributed by atoms with Crippen molar-refractivity contribution in [1.82, 2.24) is 9.78 Å². The number of H-pyrrole nitrogens is 1. The SMILES string of the molecule is Cc1[nH]n(-c2ccc(C(=O)O)cc2)c(=O)c1C=C=Cc1c(O)c2ccccc2oc1=O. The molecule has 0 aliphatic heterocycles. The summed E-state index contributed by atoms with van der Waals surface area (Å²) in [5, 5.41) is 22.7. The van der Waals surface area contributed by atoms with E-state index in [1.165, 1.54) is 41.1 Å². The third kappa shape index (κ3) is 3.59. The second kappa shape index (κ2) is 7.70. The molecule has 4 aromatic rings. The van der Waals surface area contributed by atoms with Crippen molar-refractivity contribution in [2.24, 2.45) is 0 Å². The van der Waals surface area contributed by atoms with E-state index in [9.17, 15) is 19.5 Å². The molecule has 8 nitrogen and oxygen atoms in total. The van der Waals surface area contributed by atoms with Crippen LogP contribution in [0.5, 0.6) is 5.75 Å². The fourth-order valence-electron chi connectivity index (χ4n) is 3.15. The van der Waals surface area contributed by atoms with Crippen LogP contribution in [-0.4, -0.2) is 26.0 Å². The van der Waals surface area contributed by atoms with E-state index in [-0.39, 0.29) is 28.0 Å². The zero-order chi connectivity index (χ0) is 22.1. The molecule has 0 aliphatic rings. The number of aromatic carboxylic acids is 1. The molecule has 154 valence electrons. The molecule has 0 saturated heterocycles. The number of aromatic hydroxyl groups is 1. The first-order chi connectivity index (χ1) is 14.9. The Bertz CT molecular complexity index is 1500. The van der Waals surface area contributed by atoms with Crippen LogP contribution in [0.4, 0.5) is 0 Å². The third-order valence-corrected chi connectivity index (χ3v) is 4.76. The lowest BCUT2D eigenvalue weighted by Gasteiger charge is -2.01. The molecule has 3 N–H and O–H groups in total. The van der Waals surface area contributed by atoms with E-state index in [4.69, 9.17) is 9.52 Å². The molecule has 0 aliphatic carbocycles. The molecule has 8 heteroatoms. The first kappa shape index (κ1) is 19.8. The molecule has 0 radical (unpaired) electrons. The lowest BCUT2D eigenvalue weighted by Crippen LogP contribution is -2.15. The van der Waals surface area contributed by atoms with Gasteiger partial charge in [-0.05, 0) is 55.5 Å². The van der Waals surface area contributed by atoms with Gasteiger partial charge in [0.1, 0.15) is 16.9 Å². The zero-order valence-corrected chi connectivity index (χ0v) is 16.2. The number of rotatable bonds is 4. The number of para-hydroxylation sites is 1. The summed E-state index contributed by atoms with van der Waals surface area (Å²) in [6.07, 6.45) is 2.65. The summed E-state index contributed by atoms with van der Waals surface area (Å²) < 4.78 is 6.47. The van der Waals surface area contributed by atoms with Gasteiger partial charge < -0.3 is 14.6 Å². The standard InChI is InChI=1S/C23H16N2O6/c1-13-16(21(27)25(24-13)15-11-9-14(10-12-15)22(28)29)6-4-7-18-20(26)17-5-2-3-8-19(17)31-23(18)30/h2-3,5-12,24,26H,1H3,(H,28,29). The molecule has 0 unspecified atom stereocenters. The van der Waals surface area contributed by atoms with Crippen LogP contribution in [-0.2, 0) is 0 Å². The average molecular weight is 416 g/mol. The van der Waals surface area contributed by atoms with E-state index in [2.05, 4.69) is 10.8 Å². The summed E-state index contributed by atoms with van der Waals surface area (Å²) in [5.41, 5.74) is 3.26. The number of hydrogen-bond acceptors (Lipinski definition) is 5. The molecule has 0 amide bonds. The molecule has 2 aromatic carbocycles. The molecule has 4 rings (SSSR count). The van der Waals surface area contributed by atoms with Crippen molar-refractivity contribution in [3.05, 3.63) is 97.4 Å². The Morgan fingerprint density at radius 3 is 2.45 bits per heavy atom. The first-order valence-corrected chi connectivity index (χ1v) is 9.19. The maximum atomic E-state index is 12.8. The predicted octanol–water partition coefficient (Wildman–Crippen LogP) is 3.31. The van der Waals surface area contributed by atoms with Crippen LogP contribution in [0.15, 0.2) is 68.3 Å². The number of aromatic nitrogens is 2. The number of hydrogen-bond donors (Lipinski definition) is 3. The maximum absolute atomic E-state index is 12.8. The van der Waals surface area contributed by atoms with E-state index in [1.54, 1.807) is 31.2 Å². The Morgan fingerprint density at radius 2 is 1.74 bits per heavy atom. The van der Waals surface area contributed by atoms with Crippen LogP contribution >= 0.6 is 0 Å². The number of carboxylic acids is 1. The van der Waals surface area contributed by atoms with Crippen LogP contribution in [0.1, 0.15) is 27.2 Å². The highest BCUT2D eigenvalue weighted by Gasteiger charge is 2.12. The van der Waals surface area contributed by atoms with E-state index in [1.807, 2.05) is 0 Å². The van der Waals surface area contributed by atoms with Gasteiger partial charge in [-0.2, -0.15) is 0 Å². The van der Waals surface area contributed by atoms with Crippen molar-refractivity contribution in [3.8, 4) is 11.4 Å². The van der Waals surface area contributed by atoms with Gasteiger partial charge in [-0.25, -0.2) is 14.3 Å². The fraction of sp³-hybridized carbons (Fsp3) is 0.0435. The largest absolute Gasteiger partial charge is 0.506 e. The van der Waals surface area contributed by atoms with Gasteiger partial charge in [-0.15, -0.1) is 5.73 Å². The van der Waals surface area contributed by atoms with Gasteiger partial charge in [0.15, 0.2) is 0 Å². The Hall–Kier alpha value is -4.55. The topological polar surface area (TPSA) is 126 Å². The second-order valence-corrected chi connectivity index (χ2v) is 6.75. The number of fused-ring (bicyclic) bond motifs is 1. The van der Waals surface area contributed by atoms with Gasteiger partial charge in [0, 0.05) is 5.69 Å². The number of carboxylic acid groups (broad SMARTS) is 1. The summed E-state index contributed by atoms with van der Waals surface area (Å²) in [4.78, 5) is 35.9. The lowest BCUT2D eigenvalue weighted by atomic mass is 10.1. The molecule has 0 atom stereocenters. The third-order valence-electron chi connectivity index (χ3n) is 4.76. The average Bonchev–Trinajstić information content (AvgIpc) is 3.04.